The Morgan fingerprint density at radius 2 is 1.79 bits per heavy atom. The van der Waals surface area contributed by atoms with Crippen molar-refractivity contribution in [2.75, 3.05) is 19.6 Å². The third-order valence-electron chi connectivity index (χ3n) is 5.67. The summed E-state index contributed by atoms with van der Waals surface area (Å²) in [5.41, 5.74) is 0. The van der Waals surface area contributed by atoms with Gasteiger partial charge in [0.25, 0.3) is 0 Å². The maximum Gasteiger partial charge on any atom is 0.0195 e. The van der Waals surface area contributed by atoms with E-state index in [2.05, 4.69) is 17.1 Å². The molecule has 1 aliphatic heterocycles. The van der Waals surface area contributed by atoms with Crippen molar-refractivity contribution in [3.8, 4) is 0 Å². The molecule has 1 N–H and O–H groups in total. The van der Waals surface area contributed by atoms with Crippen LogP contribution < -0.4 is 5.32 Å². The first-order chi connectivity index (χ1) is 9.36. The van der Waals surface area contributed by atoms with Gasteiger partial charge in [-0.1, -0.05) is 26.2 Å². The first kappa shape index (κ1) is 13.9. The minimum Gasteiger partial charge on any atom is -0.313 e. The predicted octanol–water partition coefficient (Wildman–Crippen LogP) is 3.42. The van der Waals surface area contributed by atoms with Crippen molar-refractivity contribution in [3.63, 3.8) is 0 Å². The molecule has 0 amide bonds. The highest BCUT2D eigenvalue weighted by Gasteiger charge is 2.34. The van der Waals surface area contributed by atoms with Crippen LogP contribution in [-0.4, -0.2) is 36.6 Å². The monoisotopic (exact) mass is 264 g/mol. The summed E-state index contributed by atoms with van der Waals surface area (Å²) in [4.78, 5) is 2.91. The van der Waals surface area contributed by atoms with Gasteiger partial charge in [-0.25, -0.2) is 0 Å². The van der Waals surface area contributed by atoms with E-state index in [1.807, 2.05) is 0 Å². The SMILES string of the molecule is CCC1CCCCC1N(CC1CC1)CC1CCCN1. The van der Waals surface area contributed by atoms with E-state index in [0.717, 1.165) is 23.9 Å². The lowest BCUT2D eigenvalue weighted by molar-refractivity contribution is 0.0881. The fourth-order valence-corrected chi connectivity index (χ4v) is 4.32. The Hall–Kier alpha value is -0.0800. The first-order valence-corrected chi connectivity index (χ1v) is 8.84. The molecule has 2 nitrogen and oxygen atoms in total. The smallest absolute Gasteiger partial charge is 0.0195 e. The van der Waals surface area contributed by atoms with Crippen LogP contribution in [0.25, 0.3) is 0 Å². The summed E-state index contributed by atoms with van der Waals surface area (Å²) in [5, 5.41) is 3.71. The van der Waals surface area contributed by atoms with Crippen LogP contribution in [-0.2, 0) is 0 Å². The summed E-state index contributed by atoms with van der Waals surface area (Å²) in [5.74, 6) is 2.02. The normalized spacial score (nSPS) is 36.0. The quantitative estimate of drug-likeness (QED) is 0.791. The Morgan fingerprint density at radius 3 is 2.47 bits per heavy atom. The highest BCUT2D eigenvalue weighted by Crippen LogP contribution is 2.35. The zero-order chi connectivity index (χ0) is 13.1. The molecule has 3 aliphatic rings. The van der Waals surface area contributed by atoms with E-state index in [-0.39, 0.29) is 0 Å². The molecule has 1 heterocycles. The Bertz CT molecular complexity index is 268. The van der Waals surface area contributed by atoms with E-state index in [1.165, 1.54) is 77.4 Å². The largest absolute Gasteiger partial charge is 0.313 e. The molecule has 2 heteroatoms. The van der Waals surface area contributed by atoms with Gasteiger partial charge in [-0.2, -0.15) is 0 Å². The zero-order valence-corrected chi connectivity index (χ0v) is 12.7. The lowest BCUT2D eigenvalue weighted by Crippen LogP contribution is -2.48. The standard InChI is InChI=1S/C17H32N2/c1-2-15-6-3-4-8-17(15)19(12-14-9-10-14)13-16-7-5-11-18-16/h14-18H,2-13H2,1H3. The second kappa shape index (κ2) is 6.58. The number of nitrogens with zero attached hydrogens (tertiary/aromatic N) is 1. The third-order valence-corrected chi connectivity index (χ3v) is 5.67. The molecule has 0 aromatic rings. The van der Waals surface area contributed by atoms with Crippen molar-refractivity contribution in [1.29, 1.82) is 0 Å². The highest BCUT2D eigenvalue weighted by molar-refractivity contribution is 4.89. The highest BCUT2D eigenvalue weighted by atomic mass is 15.2. The molecule has 0 bridgehead atoms. The van der Waals surface area contributed by atoms with Crippen LogP contribution >= 0.6 is 0 Å². The molecule has 19 heavy (non-hydrogen) atoms. The molecular formula is C17H32N2. The predicted molar refractivity (Wildman–Crippen MR) is 81.4 cm³/mol. The molecule has 3 fully saturated rings. The van der Waals surface area contributed by atoms with Crippen molar-refractivity contribution < 1.29 is 0 Å². The summed E-state index contributed by atoms with van der Waals surface area (Å²) in [7, 11) is 0. The van der Waals surface area contributed by atoms with Crippen LogP contribution in [0.5, 0.6) is 0 Å². The van der Waals surface area contributed by atoms with E-state index in [1.54, 1.807) is 0 Å². The van der Waals surface area contributed by atoms with Crippen molar-refractivity contribution >= 4 is 0 Å². The van der Waals surface area contributed by atoms with Crippen LogP contribution in [0.2, 0.25) is 0 Å². The van der Waals surface area contributed by atoms with Crippen LogP contribution in [0.15, 0.2) is 0 Å². The number of rotatable bonds is 6. The average molecular weight is 264 g/mol. The van der Waals surface area contributed by atoms with E-state index >= 15 is 0 Å². The Balaban J connectivity index is 1.61. The maximum absolute atomic E-state index is 3.71. The summed E-state index contributed by atoms with van der Waals surface area (Å²) >= 11 is 0. The van der Waals surface area contributed by atoms with Crippen molar-refractivity contribution in [2.24, 2.45) is 11.8 Å². The van der Waals surface area contributed by atoms with Gasteiger partial charge in [0.15, 0.2) is 0 Å². The van der Waals surface area contributed by atoms with Gasteiger partial charge in [0, 0.05) is 25.2 Å². The van der Waals surface area contributed by atoms with E-state index < -0.39 is 0 Å². The topological polar surface area (TPSA) is 15.3 Å². The van der Waals surface area contributed by atoms with Crippen molar-refractivity contribution in [2.45, 2.75) is 76.8 Å². The molecule has 2 aliphatic carbocycles. The first-order valence-electron chi connectivity index (χ1n) is 8.84. The zero-order valence-electron chi connectivity index (χ0n) is 12.7. The van der Waals surface area contributed by atoms with E-state index in [4.69, 9.17) is 0 Å². The molecule has 1 saturated heterocycles. The fraction of sp³-hybridized carbons (Fsp3) is 1.00. The van der Waals surface area contributed by atoms with Gasteiger partial charge < -0.3 is 5.32 Å². The van der Waals surface area contributed by atoms with E-state index in [0.29, 0.717) is 0 Å². The summed E-state index contributed by atoms with van der Waals surface area (Å²) in [6, 6.07) is 1.69. The van der Waals surface area contributed by atoms with Gasteiger partial charge in [0.2, 0.25) is 0 Å². The molecule has 3 rings (SSSR count). The van der Waals surface area contributed by atoms with Crippen LogP contribution in [0.4, 0.5) is 0 Å². The number of hydrogen-bond donors (Lipinski definition) is 1. The van der Waals surface area contributed by atoms with Gasteiger partial charge in [0.1, 0.15) is 0 Å². The van der Waals surface area contributed by atoms with Gasteiger partial charge in [0.05, 0.1) is 0 Å². The molecule has 0 spiro atoms. The van der Waals surface area contributed by atoms with Gasteiger partial charge in [-0.15, -0.1) is 0 Å². The third kappa shape index (κ3) is 3.72. The number of nitrogens with one attached hydrogen (secondary N) is 1. The van der Waals surface area contributed by atoms with Crippen LogP contribution in [0.1, 0.15) is 64.7 Å². The molecule has 0 aromatic heterocycles. The fourth-order valence-electron chi connectivity index (χ4n) is 4.32. The Kier molecular flexibility index (Phi) is 4.81. The maximum atomic E-state index is 3.71. The summed E-state index contributed by atoms with van der Waals surface area (Å²) in [6.45, 7) is 6.40. The lowest BCUT2D eigenvalue weighted by atomic mass is 9.81. The molecule has 110 valence electrons. The molecule has 0 aromatic carbocycles. The Labute approximate surface area is 119 Å². The molecule has 3 atom stereocenters. The lowest BCUT2D eigenvalue weighted by Gasteiger charge is -2.41. The molecular weight excluding hydrogens is 232 g/mol. The van der Waals surface area contributed by atoms with Crippen molar-refractivity contribution in [3.05, 3.63) is 0 Å². The van der Waals surface area contributed by atoms with Crippen LogP contribution in [0, 0.1) is 11.8 Å². The summed E-state index contributed by atoms with van der Waals surface area (Å²) < 4.78 is 0. The number of hydrogen-bond acceptors (Lipinski definition) is 2. The van der Waals surface area contributed by atoms with Gasteiger partial charge in [-0.3, -0.25) is 4.90 Å². The molecule has 2 saturated carbocycles. The van der Waals surface area contributed by atoms with Crippen molar-refractivity contribution in [1.82, 2.24) is 10.2 Å². The summed E-state index contributed by atoms with van der Waals surface area (Å²) in [6.07, 6.45) is 13.1. The van der Waals surface area contributed by atoms with Gasteiger partial charge in [-0.05, 0) is 56.9 Å². The second-order valence-corrected chi connectivity index (χ2v) is 7.21. The van der Waals surface area contributed by atoms with Crippen LogP contribution in [0.3, 0.4) is 0 Å². The molecule has 0 radical (unpaired) electrons. The minimum absolute atomic E-state index is 0.790. The molecule has 3 unspecified atom stereocenters. The average Bonchev–Trinajstić information content (AvgIpc) is 3.12. The minimum atomic E-state index is 0.790. The Morgan fingerprint density at radius 1 is 0.947 bits per heavy atom. The van der Waals surface area contributed by atoms with E-state index in [9.17, 15) is 0 Å². The second-order valence-electron chi connectivity index (χ2n) is 7.21. The van der Waals surface area contributed by atoms with Gasteiger partial charge >= 0.3 is 0 Å².